The van der Waals surface area contributed by atoms with Crippen molar-refractivity contribution in [2.45, 2.75) is 44.7 Å². The highest BCUT2D eigenvalue weighted by molar-refractivity contribution is 7.15. The Morgan fingerprint density at radius 2 is 1.89 bits per heavy atom. The fourth-order valence-electron chi connectivity index (χ4n) is 3.60. The number of hydrogen-bond donors (Lipinski definition) is 1. The highest BCUT2D eigenvalue weighted by Gasteiger charge is 2.49. The van der Waals surface area contributed by atoms with Gasteiger partial charge in [-0.2, -0.15) is 13.2 Å². The summed E-state index contributed by atoms with van der Waals surface area (Å²) < 4.78 is 56.3. The first-order valence-electron chi connectivity index (χ1n) is 10.8. The number of alkyl halides is 3. The maximum absolute atomic E-state index is 14.2. The number of thiazole rings is 1. The third kappa shape index (κ3) is 4.90. The molecule has 0 aliphatic heterocycles. The van der Waals surface area contributed by atoms with Crippen molar-refractivity contribution >= 4 is 39.0 Å². The SMILES string of the molecule is CC(CC(=O)c1cc2c(cn1)ncn2C)c1cnc(Nc2ccc(F)c(C(C)(C)C(F)(F)F)c2)s1. The molecular formula is C24H23F4N5OS. The predicted molar refractivity (Wildman–Crippen MR) is 127 cm³/mol. The number of carbonyl (C=O) groups is 1. The van der Waals surface area contributed by atoms with Gasteiger partial charge in [0.15, 0.2) is 10.9 Å². The zero-order valence-corrected chi connectivity index (χ0v) is 20.3. The quantitative estimate of drug-likeness (QED) is 0.229. The van der Waals surface area contributed by atoms with Crippen molar-refractivity contribution in [3.8, 4) is 0 Å². The molecule has 35 heavy (non-hydrogen) atoms. The van der Waals surface area contributed by atoms with E-state index in [-0.39, 0.29) is 23.8 Å². The smallest absolute Gasteiger partial charge is 0.334 e. The first-order chi connectivity index (χ1) is 16.4. The lowest BCUT2D eigenvalue weighted by Crippen LogP contribution is -2.37. The lowest BCUT2D eigenvalue weighted by atomic mass is 9.83. The van der Waals surface area contributed by atoms with Crippen molar-refractivity contribution in [2.24, 2.45) is 7.05 Å². The summed E-state index contributed by atoms with van der Waals surface area (Å²) in [4.78, 5) is 26.3. The zero-order valence-electron chi connectivity index (χ0n) is 19.4. The number of Topliss-reactive ketones (excluding diaryl/α,β-unsaturated/α-hetero) is 1. The van der Waals surface area contributed by atoms with Crippen molar-refractivity contribution < 1.29 is 22.4 Å². The van der Waals surface area contributed by atoms with E-state index < -0.39 is 23.0 Å². The third-order valence-electron chi connectivity index (χ3n) is 6.00. The number of carbonyl (C=O) groups excluding carboxylic acids is 1. The number of benzene rings is 1. The molecule has 0 aliphatic carbocycles. The van der Waals surface area contributed by atoms with Gasteiger partial charge < -0.3 is 9.88 Å². The van der Waals surface area contributed by atoms with Gasteiger partial charge in [0, 0.05) is 35.8 Å². The van der Waals surface area contributed by atoms with Crippen LogP contribution in [0.3, 0.4) is 0 Å². The van der Waals surface area contributed by atoms with Crippen LogP contribution in [-0.2, 0) is 12.5 Å². The minimum absolute atomic E-state index is 0.124. The van der Waals surface area contributed by atoms with Gasteiger partial charge in [0.2, 0.25) is 0 Å². The van der Waals surface area contributed by atoms with Gasteiger partial charge in [-0.05, 0) is 44.0 Å². The Balaban J connectivity index is 1.47. The van der Waals surface area contributed by atoms with Gasteiger partial charge in [0.05, 0.1) is 23.5 Å². The average molecular weight is 506 g/mol. The molecule has 0 aliphatic rings. The Morgan fingerprint density at radius 1 is 1.14 bits per heavy atom. The largest absolute Gasteiger partial charge is 0.398 e. The lowest BCUT2D eigenvalue weighted by molar-refractivity contribution is -0.180. The van der Waals surface area contributed by atoms with Gasteiger partial charge in [-0.1, -0.05) is 6.92 Å². The highest BCUT2D eigenvalue weighted by Crippen LogP contribution is 2.42. The Kier molecular flexibility index (Phi) is 6.39. The number of imidazole rings is 1. The van der Waals surface area contributed by atoms with Gasteiger partial charge in [-0.15, -0.1) is 11.3 Å². The topological polar surface area (TPSA) is 72.7 Å². The van der Waals surface area contributed by atoms with Gasteiger partial charge >= 0.3 is 6.18 Å². The molecule has 0 spiro atoms. The average Bonchev–Trinajstić information content (AvgIpc) is 3.40. The number of halogens is 4. The summed E-state index contributed by atoms with van der Waals surface area (Å²) in [5.74, 6) is -1.21. The van der Waals surface area contributed by atoms with E-state index in [1.807, 2.05) is 18.5 Å². The number of aromatic nitrogens is 4. The van der Waals surface area contributed by atoms with E-state index in [4.69, 9.17) is 0 Å². The number of fused-ring (bicyclic) bond motifs is 1. The molecule has 6 nitrogen and oxygen atoms in total. The summed E-state index contributed by atoms with van der Waals surface area (Å²) in [6, 6.07) is 5.23. The lowest BCUT2D eigenvalue weighted by Gasteiger charge is -2.29. The number of rotatable bonds is 7. The Labute approximate surface area is 203 Å². The molecule has 0 radical (unpaired) electrons. The van der Waals surface area contributed by atoms with Crippen molar-refractivity contribution in [2.75, 3.05) is 5.32 Å². The molecule has 1 aromatic carbocycles. The van der Waals surface area contributed by atoms with Crippen molar-refractivity contribution in [1.29, 1.82) is 0 Å². The van der Waals surface area contributed by atoms with Crippen LogP contribution < -0.4 is 5.32 Å². The Bertz CT molecular complexity index is 1390. The first kappa shape index (κ1) is 24.8. The molecule has 184 valence electrons. The van der Waals surface area contributed by atoms with Gasteiger partial charge in [-0.3, -0.25) is 9.78 Å². The second kappa shape index (κ2) is 9.03. The highest BCUT2D eigenvalue weighted by atomic mass is 32.1. The summed E-state index contributed by atoms with van der Waals surface area (Å²) >= 11 is 1.28. The van der Waals surface area contributed by atoms with E-state index >= 15 is 0 Å². The van der Waals surface area contributed by atoms with Gasteiger partial charge in [0.1, 0.15) is 17.0 Å². The summed E-state index contributed by atoms with van der Waals surface area (Å²) in [5, 5.41) is 3.37. The minimum atomic E-state index is -4.61. The monoisotopic (exact) mass is 505 g/mol. The van der Waals surface area contributed by atoms with Crippen LogP contribution in [-0.4, -0.2) is 31.5 Å². The maximum atomic E-state index is 14.2. The standard InChI is InChI=1S/C24H23F4N5OS/c1-13(7-20(34)17-9-19-18(10-29-17)31-12-33(19)4)21-11-30-22(35-21)32-14-5-6-16(25)15(8-14)23(2,3)24(26,27)28/h5-6,8-13H,7H2,1-4H3,(H,30,32). The van der Waals surface area contributed by atoms with Crippen LogP contribution in [0.2, 0.25) is 0 Å². The van der Waals surface area contributed by atoms with E-state index in [1.54, 1.807) is 24.8 Å². The van der Waals surface area contributed by atoms with Gasteiger partial charge in [-0.25, -0.2) is 14.4 Å². The van der Waals surface area contributed by atoms with E-state index in [0.29, 0.717) is 16.3 Å². The van der Waals surface area contributed by atoms with E-state index in [2.05, 4.69) is 20.3 Å². The number of hydrogen-bond acceptors (Lipinski definition) is 6. The molecule has 11 heteroatoms. The molecule has 1 N–H and O–H groups in total. The third-order valence-corrected chi connectivity index (χ3v) is 7.14. The van der Waals surface area contributed by atoms with Crippen LogP contribution in [0.5, 0.6) is 0 Å². The van der Waals surface area contributed by atoms with Crippen LogP contribution in [0, 0.1) is 5.82 Å². The Morgan fingerprint density at radius 3 is 2.60 bits per heavy atom. The van der Waals surface area contributed by atoms with E-state index in [0.717, 1.165) is 36.4 Å². The van der Waals surface area contributed by atoms with Crippen molar-refractivity contribution in [3.05, 3.63) is 64.9 Å². The second-order valence-electron chi connectivity index (χ2n) is 8.95. The van der Waals surface area contributed by atoms with E-state index in [9.17, 15) is 22.4 Å². The molecule has 3 aromatic heterocycles. The number of nitrogens with zero attached hydrogens (tertiary/aromatic N) is 4. The molecular weight excluding hydrogens is 482 g/mol. The molecule has 0 fully saturated rings. The molecule has 1 atom stereocenters. The van der Waals surface area contributed by atoms with Crippen LogP contribution in [0.1, 0.15) is 54.0 Å². The van der Waals surface area contributed by atoms with Crippen LogP contribution in [0.4, 0.5) is 28.4 Å². The second-order valence-corrected chi connectivity index (χ2v) is 10.0. The summed E-state index contributed by atoms with van der Waals surface area (Å²) in [5.41, 5.74) is -0.655. The maximum Gasteiger partial charge on any atom is 0.398 e. The minimum Gasteiger partial charge on any atom is -0.334 e. The van der Waals surface area contributed by atoms with Crippen LogP contribution >= 0.6 is 11.3 Å². The number of anilines is 2. The zero-order chi connectivity index (χ0) is 25.5. The fourth-order valence-corrected chi connectivity index (χ4v) is 4.48. The number of aryl methyl sites for hydroxylation is 1. The molecule has 3 heterocycles. The molecule has 4 aromatic rings. The van der Waals surface area contributed by atoms with Crippen molar-refractivity contribution in [3.63, 3.8) is 0 Å². The predicted octanol–water partition coefficient (Wildman–Crippen LogP) is 6.52. The van der Waals surface area contributed by atoms with Gasteiger partial charge in [0.25, 0.3) is 0 Å². The van der Waals surface area contributed by atoms with Crippen LogP contribution in [0.15, 0.2) is 43.0 Å². The normalized spacial score (nSPS) is 13.3. The number of pyridine rings is 1. The number of nitrogens with one attached hydrogen (secondary N) is 1. The van der Waals surface area contributed by atoms with Crippen LogP contribution in [0.25, 0.3) is 11.0 Å². The molecule has 0 amide bonds. The van der Waals surface area contributed by atoms with E-state index in [1.165, 1.54) is 17.4 Å². The molecule has 4 rings (SSSR count). The fraction of sp³-hybridized carbons (Fsp3) is 0.333. The van der Waals surface area contributed by atoms with Crippen molar-refractivity contribution in [1.82, 2.24) is 19.5 Å². The number of ketones is 1. The molecule has 1 unspecified atom stereocenters. The Hall–Kier alpha value is -3.34. The summed E-state index contributed by atoms with van der Waals surface area (Å²) in [7, 11) is 1.84. The molecule has 0 saturated carbocycles. The first-order valence-corrected chi connectivity index (χ1v) is 11.6. The summed E-state index contributed by atoms with van der Waals surface area (Å²) in [6.07, 6.45) is 0.437. The molecule has 0 saturated heterocycles. The molecule has 0 bridgehead atoms. The summed E-state index contributed by atoms with van der Waals surface area (Å²) in [6.45, 7) is 3.77.